The Bertz CT molecular complexity index is 1580. The third-order valence-electron chi connectivity index (χ3n) is 7.25. The van der Waals surface area contributed by atoms with Gasteiger partial charge >= 0.3 is 5.97 Å². The molecule has 1 atom stereocenters. The zero-order valence-corrected chi connectivity index (χ0v) is 21.6. The molecule has 0 aliphatic carbocycles. The van der Waals surface area contributed by atoms with E-state index in [0.717, 1.165) is 22.0 Å². The van der Waals surface area contributed by atoms with E-state index < -0.39 is 21.6 Å². The summed E-state index contributed by atoms with van der Waals surface area (Å²) in [5.74, 6) is -0.749. The fourth-order valence-corrected chi connectivity index (χ4v) is 6.51. The number of rotatable bonds is 6. The number of hydrogen-bond donors (Lipinski definition) is 1. The van der Waals surface area contributed by atoms with Gasteiger partial charge in [-0.05, 0) is 50.5 Å². The van der Waals surface area contributed by atoms with E-state index >= 15 is 0 Å². The van der Waals surface area contributed by atoms with Gasteiger partial charge < -0.3 is 14.4 Å². The summed E-state index contributed by atoms with van der Waals surface area (Å²) in [6.45, 7) is 5.87. The van der Waals surface area contributed by atoms with Crippen LogP contribution in [0.25, 0.3) is 22.3 Å². The van der Waals surface area contributed by atoms with E-state index in [4.69, 9.17) is 9.72 Å². The monoisotopic (exact) mass is 511 g/mol. The van der Waals surface area contributed by atoms with Gasteiger partial charge in [-0.3, -0.25) is 4.79 Å². The summed E-state index contributed by atoms with van der Waals surface area (Å²) < 4.78 is 32.6. The molecule has 0 radical (unpaired) electrons. The van der Waals surface area contributed by atoms with Crippen LogP contribution in [0.5, 0.6) is 0 Å². The molecule has 2 aliphatic rings. The first-order chi connectivity index (χ1) is 17.0. The molecule has 9 nitrogen and oxygen atoms in total. The highest BCUT2D eigenvalue weighted by molar-refractivity contribution is 7.88. The number of hydrogen-bond acceptors (Lipinski definition) is 7. The maximum Gasteiger partial charge on any atom is 0.343 e. The van der Waals surface area contributed by atoms with Crippen LogP contribution in [0.4, 0.5) is 0 Å². The molecule has 0 unspecified atom stereocenters. The van der Waals surface area contributed by atoms with Gasteiger partial charge in [-0.2, -0.15) is 4.31 Å². The Morgan fingerprint density at radius 2 is 2.00 bits per heavy atom. The number of carbonyl (C=O) groups is 1. The van der Waals surface area contributed by atoms with Crippen molar-refractivity contribution in [3.8, 4) is 11.4 Å². The first-order valence-corrected chi connectivity index (χ1v) is 13.9. The number of aliphatic hydroxyl groups is 1. The van der Waals surface area contributed by atoms with Crippen LogP contribution in [-0.2, 0) is 44.7 Å². The fourth-order valence-electron chi connectivity index (χ4n) is 5.32. The van der Waals surface area contributed by atoms with Crippen molar-refractivity contribution >= 4 is 26.9 Å². The largest absolute Gasteiger partial charge is 0.458 e. The highest BCUT2D eigenvalue weighted by atomic mass is 32.2. The van der Waals surface area contributed by atoms with E-state index in [2.05, 4.69) is 0 Å². The SMILES string of the molecule is CC[C@@]1(O)C(=O)OCc2c1cc1n(c2=O)Cc2cc3c(CCN(C(C)C)S(C)(=O)=O)cccc3nc2-1. The van der Waals surface area contributed by atoms with Crippen LogP contribution in [0.2, 0.25) is 0 Å². The first-order valence-electron chi connectivity index (χ1n) is 12.0. The van der Waals surface area contributed by atoms with E-state index in [1.54, 1.807) is 17.6 Å². The second-order valence-corrected chi connectivity index (χ2v) is 11.7. The summed E-state index contributed by atoms with van der Waals surface area (Å²) in [5.41, 5.74) is 2.16. The van der Waals surface area contributed by atoms with Crippen molar-refractivity contribution in [1.82, 2.24) is 13.9 Å². The van der Waals surface area contributed by atoms with E-state index in [1.165, 1.54) is 10.6 Å². The van der Waals surface area contributed by atoms with Gasteiger partial charge in [-0.25, -0.2) is 18.2 Å². The molecule has 0 saturated heterocycles. The van der Waals surface area contributed by atoms with Gasteiger partial charge in [0.25, 0.3) is 5.56 Å². The highest BCUT2D eigenvalue weighted by Crippen LogP contribution is 2.39. The number of ether oxygens (including phenoxy) is 1. The molecular formula is C26H29N3O6S. The summed E-state index contributed by atoms with van der Waals surface area (Å²) in [6.07, 6.45) is 1.83. The van der Waals surface area contributed by atoms with Crippen molar-refractivity contribution in [2.24, 2.45) is 0 Å². The molecule has 36 heavy (non-hydrogen) atoms. The van der Waals surface area contributed by atoms with E-state index in [0.29, 0.717) is 30.9 Å². The molecule has 3 aromatic rings. The predicted molar refractivity (Wildman–Crippen MR) is 135 cm³/mol. The highest BCUT2D eigenvalue weighted by Gasteiger charge is 2.45. The molecular weight excluding hydrogens is 482 g/mol. The van der Waals surface area contributed by atoms with E-state index in [1.807, 2.05) is 38.1 Å². The molecule has 5 rings (SSSR count). The maximum absolute atomic E-state index is 13.4. The number of benzene rings is 1. The zero-order chi connectivity index (χ0) is 26.0. The molecule has 0 saturated carbocycles. The van der Waals surface area contributed by atoms with Gasteiger partial charge in [-0.1, -0.05) is 19.1 Å². The second kappa shape index (κ2) is 8.50. The number of sulfonamides is 1. The molecule has 190 valence electrons. The quantitative estimate of drug-likeness (QED) is 0.395. The van der Waals surface area contributed by atoms with Gasteiger partial charge in [0, 0.05) is 29.1 Å². The van der Waals surface area contributed by atoms with E-state index in [-0.39, 0.29) is 35.8 Å². The maximum atomic E-state index is 13.4. The lowest BCUT2D eigenvalue weighted by Crippen LogP contribution is -2.44. The van der Waals surface area contributed by atoms with Crippen molar-refractivity contribution in [3.63, 3.8) is 0 Å². The van der Waals surface area contributed by atoms with Gasteiger partial charge in [0.2, 0.25) is 10.0 Å². The zero-order valence-electron chi connectivity index (χ0n) is 20.7. The Hall–Kier alpha value is -3.08. The number of carbonyl (C=O) groups excluding carboxylic acids is 1. The third kappa shape index (κ3) is 3.75. The Kier molecular flexibility index (Phi) is 5.81. The summed E-state index contributed by atoms with van der Waals surface area (Å²) in [7, 11) is -3.34. The van der Waals surface area contributed by atoms with Gasteiger partial charge in [-0.15, -0.1) is 0 Å². The summed E-state index contributed by atoms with van der Waals surface area (Å²) in [6, 6.07) is 9.29. The van der Waals surface area contributed by atoms with Crippen LogP contribution in [0.3, 0.4) is 0 Å². The van der Waals surface area contributed by atoms with Crippen molar-refractivity contribution in [2.45, 2.75) is 58.4 Å². The molecule has 4 heterocycles. The van der Waals surface area contributed by atoms with Gasteiger partial charge in [0.05, 0.1) is 35.3 Å². The molecule has 2 aromatic heterocycles. The molecule has 2 aliphatic heterocycles. The Labute approximate surface area is 209 Å². The predicted octanol–water partition coefficient (Wildman–Crippen LogP) is 2.29. The van der Waals surface area contributed by atoms with Crippen LogP contribution in [0, 0.1) is 0 Å². The van der Waals surface area contributed by atoms with Crippen molar-refractivity contribution in [3.05, 3.63) is 62.9 Å². The standard InChI is InChI=1S/C26H29N3O6S/c1-5-26(32)20-12-22-23-17(13-28(22)24(30)19(20)14-35-25(26)31)11-18-16(7-6-8-21(18)27-23)9-10-29(15(2)3)36(4,33)34/h6-8,11-12,15,32H,5,9-10,13-14H2,1-4H3/t26-/m0/s1. The average molecular weight is 512 g/mol. The molecule has 0 amide bonds. The van der Waals surface area contributed by atoms with Gasteiger partial charge in [0.1, 0.15) is 6.61 Å². The van der Waals surface area contributed by atoms with Crippen LogP contribution >= 0.6 is 0 Å². The van der Waals surface area contributed by atoms with E-state index in [9.17, 15) is 23.1 Å². The Morgan fingerprint density at radius 1 is 1.25 bits per heavy atom. The minimum Gasteiger partial charge on any atom is -0.458 e. The molecule has 1 aromatic carbocycles. The number of aromatic nitrogens is 2. The fraction of sp³-hybridized carbons (Fsp3) is 0.423. The van der Waals surface area contributed by atoms with Crippen LogP contribution < -0.4 is 5.56 Å². The molecule has 0 bridgehead atoms. The summed E-state index contributed by atoms with van der Waals surface area (Å²) in [4.78, 5) is 30.6. The average Bonchev–Trinajstić information content (AvgIpc) is 3.17. The third-order valence-corrected chi connectivity index (χ3v) is 8.70. The minimum absolute atomic E-state index is 0.0873. The normalized spacial score (nSPS) is 18.9. The van der Waals surface area contributed by atoms with Crippen LogP contribution in [0.1, 0.15) is 49.4 Å². The molecule has 1 N–H and O–H groups in total. The second-order valence-electron chi connectivity index (χ2n) is 9.80. The van der Waals surface area contributed by atoms with Crippen molar-refractivity contribution < 1.29 is 23.1 Å². The minimum atomic E-state index is -3.34. The van der Waals surface area contributed by atoms with Crippen LogP contribution in [0.15, 0.2) is 35.1 Å². The van der Waals surface area contributed by atoms with Crippen molar-refractivity contribution in [2.75, 3.05) is 12.8 Å². The Morgan fingerprint density at radius 3 is 2.67 bits per heavy atom. The number of esters is 1. The van der Waals surface area contributed by atoms with Crippen LogP contribution in [-0.4, -0.2) is 52.2 Å². The Balaban J connectivity index is 1.59. The molecule has 0 fully saturated rings. The number of pyridine rings is 2. The topological polar surface area (TPSA) is 119 Å². The smallest absolute Gasteiger partial charge is 0.343 e. The lowest BCUT2D eigenvalue weighted by Gasteiger charge is -2.31. The summed E-state index contributed by atoms with van der Waals surface area (Å²) >= 11 is 0. The molecule has 10 heteroatoms. The lowest BCUT2D eigenvalue weighted by molar-refractivity contribution is -0.172. The number of nitrogens with zero attached hydrogens (tertiary/aromatic N) is 3. The number of fused-ring (bicyclic) bond motifs is 5. The molecule has 0 spiro atoms. The van der Waals surface area contributed by atoms with Crippen molar-refractivity contribution in [1.29, 1.82) is 0 Å². The van der Waals surface area contributed by atoms with Gasteiger partial charge in [0.15, 0.2) is 5.60 Å². The lowest BCUT2D eigenvalue weighted by atomic mass is 9.86. The number of cyclic esters (lactones) is 1. The summed E-state index contributed by atoms with van der Waals surface area (Å²) in [5, 5.41) is 11.9. The first kappa shape index (κ1) is 24.6.